The number of anilines is 1. The van der Waals surface area contributed by atoms with Gasteiger partial charge < -0.3 is 0 Å². The molecular formula is C11H13ClN4O. The van der Waals surface area contributed by atoms with E-state index in [-0.39, 0.29) is 11.3 Å². The molecule has 0 N–H and O–H groups in total. The average molecular weight is 253 g/mol. The molecule has 5 nitrogen and oxygen atoms in total. The fourth-order valence-corrected chi connectivity index (χ4v) is 1.54. The predicted octanol–water partition coefficient (Wildman–Crippen LogP) is 2.27. The molecule has 0 aromatic carbocycles. The lowest BCUT2D eigenvalue weighted by Crippen LogP contribution is -2.21. The van der Waals surface area contributed by atoms with E-state index < -0.39 is 0 Å². The van der Waals surface area contributed by atoms with Gasteiger partial charge in [-0.15, -0.1) is 0 Å². The number of amides is 1. The van der Waals surface area contributed by atoms with Gasteiger partial charge in [0.15, 0.2) is 5.82 Å². The molecule has 0 radical (unpaired) electrons. The minimum Gasteiger partial charge on any atom is -0.272 e. The molecule has 1 aromatic rings. The summed E-state index contributed by atoms with van der Waals surface area (Å²) in [4.78, 5) is 19.7. The van der Waals surface area contributed by atoms with Crippen LogP contribution in [0.15, 0.2) is 17.5 Å². The van der Waals surface area contributed by atoms with E-state index in [2.05, 4.69) is 15.1 Å². The van der Waals surface area contributed by atoms with Gasteiger partial charge in [-0.25, -0.2) is 9.97 Å². The monoisotopic (exact) mass is 252 g/mol. The zero-order valence-electron chi connectivity index (χ0n) is 9.94. The molecule has 17 heavy (non-hydrogen) atoms. The molecule has 0 bridgehead atoms. The molecule has 2 heterocycles. The van der Waals surface area contributed by atoms with Crippen LogP contribution in [0, 0.1) is 5.41 Å². The molecule has 1 aliphatic rings. The maximum absolute atomic E-state index is 11.8. The summed E-state index contributed by atoms with van der Waals surface area (Å²) in [6.45, 7) is 6.07. The van der Waals surface area contributed by atoms with Crippen LogP contribution in [-0.2, 0) is 4.79 Å². The van der Waals surface area contributed by atoms with Gasteiger partial charge in [-0.1, -0.05) is 32.4 Å². The molecule has 90 valence electrons. The Morgan fingerprint density at radius 3 is 2.47 bits per heavy atom. The van der Waals surface area contributed by atoms with Crippen molar-refractivity contribution in [2.45, 2.75) is 27.2 Å². The lowest BCUT2D eigenvalue weighted by Gasteiger charge is -2.16. The van der Waals surface area contributed by atoms with Gasteiger partial charge in [0.05, 0.1) is 24.5 Å². The number of rotatable bonds is 1. The molecule has 1 aliphatic heterocycles. The molecule has 2 rings (SSSR count). The number of carbonyl (C=O) groups is 1. The molecule has 1 amide bonds. The third-order valence-corrected chi connectivity index (χ3v) is 2.66. The Kier molecular flexibility index (Phi) is 2.87. The van der Waals surface area contributed by atoms with Gasteiger partial charge in [0, 0.05) is 5.41 Å². The first-order valence-electron chi connectivity index (χ1n) is 5.26. The van der Waals surface area contributed by atoms with Gasteiger partial charge in [-0.2, -0.15) is 10.1 Å². The largest absolute Gasteiger partial charge is 0.272 e. The van der Waals surface area contributed by atoms with Crippen LogP contribution in [0.4, 0.5) is 5.82 Å². The topological polar surface area (TPSA) is 58.5 Å². The first kappa shape index (κ1) is 12.0. The Hall–Kier alpha value is -1.49. The van der Waals surface area contributed by atoms with Crippen LogP contribution in [-0.4, -0.2) is 21.6 Å². The predicted molar refractivity (Wildman–Crippen MR) is 66.0 cm³/mol. The SMILES string of the molecule is CC(C)(C)C1=NN(c2cnc(Cl)cn2)C(=O)C1. The molecule has 0 unspecified atom stereocenters. The normalized spacial score (nSPS) is 16.4. The van der Waals surface area contributed by atoms with Crippen LogP contribution in [0.3, 0.4) is 0 Å². The van der Waals surface area contributed by atoms with E-state index >= 15 is 0 Å². The van der Waals surface area contributed by atoms with Gasteiger partial charge in [0.25, 0.3) is 5.91 Å². The second-order valence-corrected chi connectivity index (χ2v) is 5.26. The molecular weight excluding hydrogens is 240 g/mol. The van der Waals surface area contributed by atoms with E-state index in [1.54, 1.807) is 0 Å². The second-order valence-electron chi connectivity index (χ2n) is 4.88. The summed E-state index contributed by atoms with van der Waals surface area (Å²) in [6.07, 6.45) is 3.16. The van der Waals surface area contributed by atoms with Crippen molar-refractivity contribution in [2.24, 2.45) is 10.5 Å². The summed E-state index contributed by atoms with van der Waals surface area (Å²) in [5, 5.41) is 5.87. The van der Waals surface area contributed by atoms with Gasteiger partial charge in [-0.3, -0.25) is 4.79 Å². The summed E-state index contributed by atoms with van der Waals surface area (Å²) in [5.74, 6) is 0.310. The summed E-state index contributed by atoms with van der Waals surface area (Å²) in [6, 6.07) is 0. The van der Waals surface area contributed by atoms with E-state index in [4.69, 9.17) is 11.6 Å². The van der Waals surface area contributed by atoms with E-state index in [0.29, 0.717) is 17.4 Å². The Morgan fingerprint density at radius 2 is 2.00 bits per heavy atom. The number of carbonyl (C=O) groups excluding carboxylic acids is 1. The van der Waals surface area contributed by atoms with Crippen molar-refractivity contribution in [1.82, 2.24) is 9.97 Å². The lowest BCUT2D eigenvalue weighted by atomic mass is 9.88. The molecule has 6 heteroatoms. The fraction of sp³-hybridized carbons (Fsp3) is 0.455. The number of halogens is 1. The van der Waals surface area contributed by atoms with Gasteiger partial charge >= 0.3 is 0 Å². The maximum Gasteiger partial charge on any atom is 0.254 e. The summed E-state index contributed by atoms with van der Waals surface area (Å²) in [5.41, 5.74) is 0.726. The zero-order chi connectivity index (χ0) is 12.6. The minimum absolute atomic E-state index is 0.0912. The van der Waals surface area contributed by atoms with Crippen molar-refractivity contribution in [3.63, 3.8) is 0 Å². The highest BCUT2D eigenvalue weighted by atomic mass is 35.5. The Balaban J connectivity index is 2.31. The van der Waals surface area contributed by atoms with Crippen molar-refractivity contribution >= 4 is 29.0 Å². The maximum atomic E-state index is 11.8. The van der Waals surface area contributed by atoms with Crippen LogP contribution in [0.1, 0.15) is 27.2 Å². The zero-order valence-corrected chi connectivity index (χ0v) is 10.7. The van der Waals surface area contributed by atoms with E-state index in [0.717, 1.165) is 5.71 Å². The average Bonchev–Trinajstić information content (AvgIpc) is 2.61. The third kappa shape index (κ3) is 2.44. The Morgan fingerprint density at radius 1 is 1.29 bits per heavy atom. The van der Waals surface area contributed by atoms with Crippen LogP contribution < -0.4 is 5.01 Å². The van der Waals surface area contributed by atoms with Crippen molar-refractivity contribution in [3.05, 3.63) is 17.5 Å². The number of aromatic nitrogens is 2. The number of hydrogen-bond acceptors (Lipinski definition) is 4. The quantitative estimate of drug-likeness (QED) is 0.770. The van der Waals surface area contributed by atoms with Crippen LogP contribution >= 0.6 is 11.6 Å². The Bertz CT molecular complexity index is 475. The smallest absolute Gasteiger partial charge is 0.254 e. The second kappa shape index (κ2) is 4.07. The molecule has 0 aliphatic carbocycles. The summed E-state index contributed by atoms with van der Waals surface area (Å²) in [7, 11) is 0. The van der Waals surface area contributed by atoms with Crippen molar-refractivity contribution in [3.8, 4) is 0 Å². The molecule has 0 saturated heterocycles. The molecule has 0 saturated carbocycles. The van der Waals surface area contributed by atoms with Gasteiger partial charge in [-0.05, 0) is 0 Å². The van der Waals surface area contributed by atoms with E-state index in [1.165, 1.54) is 17.4 Å². The van der Waals surface area contributed by atoms with Crippen LogP contribution in [0.2, 0.25) is 5.15 Å². The fourth-order valence-electron chi connectivity index (χ4n) is 1.44. The molecule has 0 spiro atoms. The highest BCUT2D eigenvalue weighted by Gasteiger charge is 2.32. The van der Waals surface area contributed by atoms with Crippen LogP contribution in [0.5, 0.6) is 0 Å². The number of hydrogen-bond donors (Lipinski definition) is 0. The first-order valence-corrected chi connectivity index (χ1v) is 5.64. The van der Waals surface area contributed by atoms with Crippen molar-refractivity contribution in [1.29, 1.82) is 0 Å². The highest BCUT2D eigenvalue weighted by molar-refractivity contribution is 6.29. The van der Waals surface area contributed by atoms with Crippen molar-refractivity contribution < 1.29 is 4.79 Å². The van der Waals surface area contributed by atoms with Gasteiger partial charge in [0.1, 0.15) is 5.15 Å². The highest BCUT2D eigenvalue weighted by Crippen LogP contribution is 2.26. The lowest BCUT2D eigenvalue weighted by molar-refractivity contribution is -0.117. The molecule has 1 aromatic heterocycles. The number of nitrogens with zero attached hydrogens (tertiary/aromatic N) is 4. The third-order valence-electron chi connectivity index (χ3n) is 2.47. The Labute approximate surface area is 105 Å². The summed E-state index contributed by atoms with van der Waals surface area (Å²) < 4.78 is 0. The summed E-state index contributed by atoms with van der Waals surface area (Å²) >= 11 is 5.64. The van der Waals surface area contributed by atoms with E-state index in [1.807, 2.05) is 20.8 Å². The molecule has 0 fully saturated rings. The first-order chi connectivity index (χ1) is 7.88. The van der Waals surface area contributed by atoms with E-state index in [9.17, 15) is 4.79 Å². The number of hydrazone groups is 1. The minimum atomic E-state index is -0.121. The molecule has 0 atom stereocenters. The van der Waals surface area contributed by atoms with Gasteiger partial charge in [0.2, 0.25) is 0 Å². The van der Waals surface area contributed by atoms with Crippen LogP contribution in [0.25, 0.3) is 0 Å². The van der Waals surface area contributed by atoms with Crippen molar-refractivity contribution in [2.75, 3.05) is 5.01 Å². The standard InChI is InChI=1S/C11H13ClN4O/c1-11(2,3)7-4-10(17)16(15-7)9-6-13-8(12)5-14-9/h5-6H,4H2,1-3H3.